The van der Waals surface area contributed by atoms with Gasteiger partial charge in [0.25, 0.3) is 5.91 Å². The highest BCUT2D eigenvalue weighted by Crippen LogP contribution is 2.14. The molecule has 3 rings (SSSR count). The number of benzene rings is 2. The molecule has 1 heterocycles. The molecule has 0 fully saturated rings. The first-order valence-electron chi connectivity index (χ1n) is 8.53. The van der Waals surface area contributed by atoms with Crippen molar-refractivity contribution in [3.05, 3.63) is 90.1 Å². The van der Waals surface area contributed by atoms with Crippen LogP contribution in [0.15, 0.2) is 77.6 Å². The quantitative estimate of drug-likeness (QED) is 0.685. The second-order valence-electron chi connectivity index (χ2n) is 6.00. The molecule has 2 amide bonds. The zero-order chi connectivity index (χ0) is 19.1. The van der Waals surface area contributed by atoms with Gasteiger partial charge in [-0.05, 0) is 23.8 Å². The molecule has 0 aliphatic carbocycles. The minimum Gasteiger partial charge on any atom is -0.472 e. The van der Waals surface area contributed by atoms with E-state index in [1.807, 2.05) is 30.3 Å². The number of furan rings is 1. The molecule has 1 N–H and O–H groups in total. The molecule has 0 unspecified atom stereocenters. The molecule has 2 aromatic carbocycles. The molecule has 0 radical (unpaired) electrons. The minimum atomic E-state index is -0.499. The zero-order valence-corrected chi connectivity index (χ0v) is 14.6. The van der Waals surface area contributed by atoms with Crippen molar-refractivity contribution >= 4 is 17.5 Å². The second kappa shape index (κ2) is 8.80. The zero-order valence-electron chi connectivity index (χ0n) is 14.6. The van der Waals surface area contributed by atoms with Gasteiger partial charge in [0.15, 0.2) is 0 Å². The van der Waals surface area contributed by atoms with Crippen LogP contribution in [0.3, 0.4) is 0 Å². The van der Waals surface area contributed by atoms with Crippen LogP contribution >= 0.6 is 0 Å². The molecule has 0 saturated heterocycles. The summed E-state index contributed by atoms with van der Waals surface area (Å²) < 4.78 is 18.6. The lowest BCUT2D eigenvalue weighted by Crippen LogP contribution is -2.33. The van der Waals surface area contributed by atoms with Crippen LogP contribution in [0.25, 0.3) is 0 Å². The molecule has 0 aliphatic rings. The van der Waals surface area contributed by atoms with Crippen LogP contribution in [0.2, 0.25) is 0 Å². The van der Waals surface area contributed by atoms with Crippen LogP contribution < -0.4 is 5.32 Å². The van der Waals surface area contributed by atoms with Gasteiger partial charge in [0.05, 0.1) is 17.5 Å². The molecule has 0 bridgehead atoms. The molecule has 0 atom stereocenters. The predicted molar refractivity (Wildman–Crippen MR) is 99.5 cm³/mol. The van der Waals surface area contributed by atoms with E-state index in [2.05, 4.69) is 5.32 Å². The summed E-state index contributed by atoms with van der Waals surface area (Å²) >= 11 is 0. The van der Waals surface area contributed by atoms with Crippen LogP contribution in [0, 0.1) is 5.82 Å². The van der Waals surface area contributed by atoms with Gasteiger partial charge in [-0.1, -0.05) is 42.5 Å². The van der Waals surface area contributed by atoms with Crippen LogP contribution in [-0.4, -0.2) is 23.3 Å². The maximum atomic E-state index is 13.7. The molecule has 5 nitrogen and oxygen atoms in total. The molecule has 0 aliphatic heterocycles. The Kier molecular flexibility index (Phi) is 5.99. The van der Waals surface area contributed by atoms with Crippen molar-refractivity contribution in [3.8, 4) is 0 Å². The largest absolute Gasteiger partial charge is 0.472 e. The highest BCUT2D eigenvalue weighted by atomic mass is 19.1. The summed E-state index contributed by atoms with van der Waals surface area (Å²) in [5.41, 5.74) is 1.49. The van der Waals surface area contributed by atoms with E-state index in [9.17, 15) is 14.0 Å². The first-order valence-corrected chi connectivity index (χ1v) is 8.53. The minimum absolute atomic E-state index is 0.0464. The smallest absolute Gasteiger partial charge is 0.257 e. The van der Waals surface area contributed by atoms with Crippen molar-refractivity contribution in [3.63, 3.8) is 0 Å². The van der Waals surface area contributed by atoms with Gasteiger partial charge < -0.3 is 14.6 Å². The molecule has 138 valence electrons. The van der Waals surface area contributed by atoms with E-state index >= 15 is 0 Å². The molecule has 3 aromatic rings. The summed E-state index contributed by atoms with van der Waals surface area (Å²) in [6.45, 7) is 0.553. The number of hydrogen-bond donors (Lipinski definition) is 1. The van der Waals surface area contributed by atoms with E-state index in [0.717, 1.165) is 5.56 Å². The first kappa shape index (κ1) is 18.4. The van der Waals surface area contributed by atoms with E-state index in [1.165, 1.54) is 24.7 Å². The number of carbonyl (C=O) groups excluding carboxylic acids is 2. The summed E-state index contributed by atoms with van der Waals surface area (Å²) in [6.07, 6.45) is 2.85. The van der Waals surface area contributed by atoms with E-state index < -0.39 is 5.82 Å². The number of halogens is 1. The summed E-state index contributed by atoms with van der Waals surface area (Å²) in [6, 6.07) is 17.0. The lowest BCUT2D eigenvalue weighted by atomic mass is 10.2. The summed E-state index contributed by atoms with van der Waals surface area (Å²) in [7, 11) is 0. The number of rotatable bonds is 7. The van der Waals surface area contributed by atoms with Gasteiger partial charge in [0, 0.05) is 19.5 Å². The van der Waals surface area contributed by atoms with Gasteiger partial charge in [0.2, 0.25) is 5.91 Å². The van der Waals surface area contributed by atoms with E-state index in [-0.39, 0.29) is 30.5 Å². The van der Waals surface area contributed by atoms with Gasteiger partial charge in [-0.2, -0.15) is 0 Å². The van der Waals surface area contributed by atoms with Gasteiger partial charge >= 0.3 is 0 Å². The van der Waals surface area contributed by atoms with Crippen molar-refractivity contribution in [1.82, 2.24) is 4.90 Å². The fourth-order valence-corrected chi connectivity index (χ4v) is 2.64. The van der Waals surface area contributed by atoms with Crippen LogP contribution in [0.4, 0.5) is 10.1 Å². The Morgan fingerprint density at radius 1 is 1.00 bits per heavy atom. The Hall–Kier alpha value is -3.41. The standard InChI is InChI=1S/C21H19FN2O3/c22-18-8-4-5-9-19(18)23-20(25)10-12-24(14-16-6-2-1-3-7-16)21(26)17-11-13-27-15-17/h1-9,11,13,15H,10,12,14H2,(H,23,25). The summed E-state index contributed by atoms with van der Waals surface area (Å²) in [4.78, 5) is 26.5. The van der Waals surface area contributed by atoms with Gasteiger partial charge in [-0.25, -0.2) is 4.39 Å². The third-order valence-electron chi connectivity index (χ3n) is 4.03. The average Bonchev–Trinajstić information content (AvgIpc) is 3.22. The Bertz CT molecular complexity index is 895. The van der Waals surface area contributed by atoms with Crippen molar-refractivity contribution in [2.45, 2.75) is 13.0 Å². The number of carbonyl (C=O) groups is 2. The van der Waals surface area contributed by atoms with Crippen molar-refractivity contribution in [2.75, 3.05) is 11.9 Å². The number of amides is 2. The second-order valence-corrected chi connectivity index (χ2v) is 6.00. The third kappa shape index (κ3) is 5.04. The molecule has 0 spiro atoms. The normalized spacial score (nSPS) is 10.4. The molecule has 1 aromatic heterocycles. The van der Waals surface area contributed by atoms with Gasteiger partial charge in [-0.15, -0.1) is 0 Å². The fraction of sp³-hybridized carbons (Fsp3) is 0.143. The van der Waals surface area contributed by atoms with Crippen molar-refractivity contribution < 1.29 is 18.4 Å². The monoisotopic (exact) mass is 366 g/mol. The highest BCUT2D eigenvalue weighted by Gasteiger charge is 2.18. The van der Waals surface area contributed by atoms with Crippen LogP contribution in [-0.2, 0) is 11.3 Å². The van der Waals surface area contributed by atoms with Crippen molar-refractivity contribution in [1.29, 1.82) is 0 Å². The summed E-state index contributed by atoms with van der Waals surface area (Å²) in [5.74, 6) is -1.09. The molecule has 27 heavy (non-hydrogen) atoms. The number of hydrogen-bond acceptors (Lipinski definition) is 3. The summed E-state index contributed by atoms with van der Waals surface area (Å²) in [5, 5.41) is 2.53. The molecule has 6 heteroatoms. The molecular weight excluding hydrogens is 347 g/mol. The predicted octanol–water partition coefficient (Wildman–Crippen LogP) is 4.09. The van der Waals surface area contributed by atoms with E-state index in [0.29, 0.717) is 12.1 Å². The lowest BCUT2D eigenvalue weighted by Gasteiger charge is -2.22. The van der Waals surface area contributed by atoms with Gasteiger partial charge in [-0.3, -0.25) is 9.59 Å². The average molecular weight is 366 g/mol. The van der Waals surface area contributed by atoms with Crippen molar-refractivity contribution in [2.24, 2.45) is 0 Å². The van der Waals surface area contributed by atoms with Crippen LogP contribution in [0.5, 0.6) is 0 Å². The van der Waals surface area contributed by atoms with Crippen LogP contribution in [0.1, 0.15) is 22.3 Å². The number of nitrogens with zero attached hydrogens (tertiary/aromatic N) is 1. The number of anilines is 1. The third-order valence-corrected chi connectivity index (χ3v) is 4.03. The number of para-hydroxylation sites is 1. The Balaban J connectivity index is 1.66. The Morgan fingerprint density at radius 2 is 1.74 bits per heavy atom. The highest BCUT2D eigenvalue weighted by molar-refractivity contribution is 5.95. The SMILES string of the molecule is O=C(CCN(Cc1ccccc1)C(=O)c1ccoc1)Nc1ccccc1F. The lowest BCUT2D eigenvalue weighted by molar-refractivity contribution is -0.116. The number of nitrogens with one attached hydrogen (secondary N) is 1. The Morgan fingerprint density at radius 3 is 2.44 bits per heavy atom. The topological polar surface area (TPSA) is 62.6 Å². The van der Waals surface area contributed by atoms with Gasteiger partial charge in [0.1, 0.15) is 12.1 Å². The first-order chi connectivity index (χ1) is 13.1. The van der Waals surface area contributed by atoms with E-state index in [4.69, 9.17) is 4.42 Å². The maximum absolute atomic E-state index is 13.7. The molecule has 0 saturated carbocycles. The fourth-order valence-electron chi connectivity index (χ4n) is 2.64. The maximum Gasteiger partial charge on any atom is 0.257 e. The van der Waals surface area contributed by atoms with E-state index in [1.54, 1.807) is 23.1 Å². The Labute approximate surface area is 156 Å². The molecular formula is C21H19FN2O3.